The largest absolute Gasteiger partial charge is 0.550 e. The zero-order chi connectivity index (χ0) is 15.4. The van der Waals surface area contributed by atoms with Crippen molar-refractivity contribution in [2.45, 2.75) is 25.9 Å². The second-order valence-corrected chi connectivity index (χ2v) is 4.63. The number of aromatic nitrogens is 3. The van der Waals surface area contributed by atoms with E-state index >= 15 is 0 Å². The Hall–Kier alpha value is -2.70. The fraction of sp³-hybridized carbons (Fsp3) is 0.286. The molecule has 0 saturated heterocycles. The first-order valence-corrected chi connectivity index (χ1v) is 6.38. The number of pyridine rings is 1. The highest BCUT2D eigenvalue weighted by Crippen LogP contribution is 2.13. The fourth-order valence-corrected chi connectivity index (χ4v) is 2.14. The summed E-state index contributed by atoms with van der Waals surface area (Å²) in [5.74, 6) is -1.97. The molecule has 1 atom stereocenters. The molecule has 0 amide bonds. The minimum Gasteiger partial charge on any atom is -0.550 e. The number of carboxylic acids is 2. The Morgan fingerprint density at radius 3 is 2.81 bits per heavy atom. The molecule has 0 aliphatic rings. The van der Waals surface area contributed by atoms with Crippen LogP contribution in [0.4, 0.5) is 0 Å². The van der Waals surface area contributed by atoms with Gasteiger partial charge in [0.2, 0.25) is 6.04 Å². The van der Waals surface area contributed by atoms with Crippen molar-refractivity contribution in [1.29, 1.82) is 0 Å². The van der Waals surface area contributed by atoms with Crippen molar-refractivity contribution in [1.82, 2.24) is 9.55 Å². The van der Waals surface area contributed by atoms with Crippen molar-refractivity contribution in [3.8, 4) is 0 Å². The number of hydrogen-bond donors (Lipinski definition) is 1. The number of carbonyl (C=O) groups excluding carboxylic acids is 1. The van der Waals surface area contributed by atoms with Crippen LogP contribution in [0.2, 0.25) is 0 Å². The monoisotopic (exact) mass is 289 g/mol. The van der Waals surface area contributed by atoms with Gasteiger partial charge in [-0.1, -0.05) is 6.07 Å². The van der Waals surface area contributed by atoms with Crippen LogP contribution in [-0.4, -0.2) is 26.6 Å². The second-order valence-electron chi connectivity index (χ2n) is 4.63. The number of imidazole rings is 1. The van der Waals surface area contributed by atoms with Gasteiger partial charge in [0.15, 0.2) is 0 Å². The maximum Gasteiger partial charge on any atom is 0.349 e. The van der Waals surface area contributed by atoms with Crippen LogP contribution >= 0.6 is 0 Å². The van der Waals surface area contributed by atoms with Crippen molar-refractivity contribution < 1.29 is 24.4 Å². The zero-order valence-corrected chi connectivity index (χ0v) is 11.5. The van der Waals surface area contributed by atoms with Gasteiger partial charge in [0.05, 0.1) is 5.69 Å². The quantitative estimate of drug-likeness (QED) is 0.708. The number of nitrogens with zero attached hydrogens (tertiary/aromatic N) is 3. The highest BCUT2D eigenvalue weighted by Gasteiger charge is 2.28. The summed E-state index contributed by atoms with van der Waals surface area (Å²) in [4.78, 5) is 26.1. The summed E-state index contributed by atoms with van der Waals surface area (Å²) in [6.07, 6.45) is 4.36. The summed E-state index contributed by atoms with van der Waals surface area (Å²) in [5, 5.41) is 19.9. The molecule has 7 nitrogen and oxygen atoms in total. The van der Waals surface area contributed by atoms with E-state index in [0.717, 1.165) is 5.69 Å². The summed E-state index contributed by atoms with van der Waals surface area (Å²) in [5.41, 5.74) is 0.829. The van der Waals surface area contributed by atoms with E-state index in [4.69, 9.17) is 5.11 Å². The minimum absolute atomic E-state index is 0.483. The van der Waals surface area contributed by atoms with Crippen molar-refractivity contribution in [2.75, 3.05) is 0 Å². The lowest BCUT2D eigenvalue weighted by molar-refractivity contribution is -0.694. The summed E-state index contributed by atoms with van der Waals surface area (Å²) in [7, 11) is 0. The number of aliphatic carboxylic acids is 2. The molecule has 0 bridgehead atoms. The molecule has 2 heterocycles. The maximum absolute atomic E-state index is 11.2. The Bertz CT molecular complexity index is 651. The van der Waals surface area contributed by atoms with E-state index in [2.05, 4.69) is 4.98 Å². The molecule has 1 N–H and O–H groups in total. The SMILES string of the molecule is Cc1n(C(CC(=O)[O-])C(=O)O)cc[n+]1Cc1ccccn1. The summed E-state index contributed by atoms with van der Waals surface area (Å²) >= 11 is 0. The van der Waals surface area contributed by atoms with Gasteiger partial charge in [-0.15, -0.1) is 0 Å². The molecule has 2 rings (SSSR count). The normalized spacial score (nSPS) is 12.0. The van der Waals surface area contributed by atoms with Crippen LogP contribution < -0.4 is 9.67 Å². The van der Waals surface area contributed by atoms with E-state index in [-0.39, 0.29) is 0 Å². The molecule has 2 aromatic rings. The van der Waals surface area contributed by atoms with E-state index in [1.165, 1.54) is 4.57 Å². The molecule has 0 radical (unpaired) electrons. The molecule has 21 heavy (non-hydrogen) atoms. The lowest BCUT2D eigenvalue weighted by atomic mass is 10.2. The number of hydrogen-bond acceptors (Lipinski definition) is 4. The van der Waals surface area contributed by atoms with E-state index in [1.807, 2.05) is 22.8 Å². The molecular formula is C14H15N3O4. The third-order valence-electron chi connectivity index (χ3n) is 3.24. The number of rotatable bonds is 6. The Balaban J connectivity index is 2.26. The van der Waals surface area contributed by atoms with Crippen LogP contribution in [0, 0.1) is 6.92 Å². The van der Waals surface area contributed by atoms with Gasteiger partial charge >= 0.3 is 5.97 Å². The molecule has 0 saturated carbocycles. The molecule has 7 heteroatoms. The summed E-state index contributed by atoms with van der Waals surface area (Å²) in [6, 6.07) is 4.36. The van der Waals surface area contributed by atoms with Gasteiger partial charge in [-0.3, -0.25) is 4.98 Å². The molecule has 110 valence electrons. The minimum atomic E-state index is -1.40. The predicted octanol–water partition coefficient (Wildman–Crippen LogP) is -0.707. The maximum atomic E-state index is 11.2. The van der Waals surface area contributed by atoms with Gasteiger partial charge in [-0.2, -0.15) is 0 Å². The summed E-state index contributed by atoms with van der Waals surface area (Å²) in [6.45, 7) is 2.21. The van der Waals surface area contributed by atoms with Gasteiger partial charge < -0.3 is 15.0 Å². The highest BCUT2D eigenvalue weighted by atomic mass is 16.4. The molecule has 2 aromatic heterocycles. The molecule has 0 spiro atoms. The first-order chi connectivity index (χ1) is 9.99. The molecule has 0 aromatic carbocycles. The topological polar surface area (TPSA) is 99.1 Å². The van der Waals surface area contributed by atoms with E-state index < -0.39 is 24.4 Å². The van der Waals surface area contributed by atoms with E-state index in [9.17, 15) is 14.7 Å². The molecule has 1 unspecified atom stereocenters. The Kier molecular flexibility index (Phi) is 4.32. The van der Waals surface area contributed by atoms with Gasteiger partial charge in [-0.05, 0) is 12.1 Å². The second kappa shape index (κ2) is 6.17. The lowest BCUT2D eigenvalue weighted by Crippen LogP contribution is -2.38. The average molecular weight is 289 g/mol. The third-order valence-corrected chi connectivity index (χ3v) is 3.24. The standard InChI is InChI=1S/C14H15N3O4/c1-10-16(9-11-4-2-3-5-15-11)6-7-17(10)12(14(20)21)8-13(18)19/h2-7,12H,8-9H2,1H3,(H-,18,19,20,21). The third kappa shape index (κ3) is 3.44. The van der Waals surface area contributed by atoms with Crippen molar-refractivity contribution in [3.63, 3.8) is 0 Å². The fourth-order valence-electron chi connectivity index (χ4n) is 2.14. The Labute approximate surface area is 121 Å². The van der Waals surface area contributed by atoms with E-state index in [1.54, 1.807) is 25.5 Å². The molecule has 0 aliphatic heterocycles. The van der Waals surface area contributed by atoms with Gasteiger partial charge in [0.25, 0.3) is 5.82 Å². The van der Waals surface area contributed by atoms with Gasteiger partial charge in [0, 0.05) is 25.5 Å². The number of carboxylic acid groups (broad SMARTS) is 2. The van der Waals surface area contributed by atoms with Crippen LogP contribution in [0.1, 0.15) is 24.0 Å². The molecule has 0 aliphatic carbocycles. The first kappa shape index (κ1) is 14.7. The van der Waals surface area contributed by atoms with Gasteiger partial charge in [0.1, 0.15) is 18.9 Å². The predicted molar refractivity (Wildman–Crippen MR) is 69.0 cm³/mol. The molecule has 0 fully saturated rings. The van der Waals surface area contributed by atoms with Gasteiger partial charge in [-0.25, -0.2) is 13.9 Å². The Morgan fingerprint density at radius 1 is 1.48 bits per heavy atom. The Morgan fingerprint density at radius 2 is 2.24 bits per heavy atom. The first-order valence-electron chi connectivity index (χ1n) is 6.38. The molecular weight excluding hydrogens is 274 g/mol. The van der Waals surface area contributed by atoms with Crippen LogP contribution in [0.5, 0.6) is 0 Å². The average Bonchev–Trinajstić information content (AvgIpc) is 2.78. The van der Waals surface area contributed by atoms with Crippen molar-refractivity contribution in [3.05, 3.63) is 48.3 Å². The van der Waals surface area contributed by atoms with Crippen LogP contribution in [0.25, 0.3) is 0 Å². The van der Waals surface area contributed by atoms with Crippen LogP contribution in [0.15, 0.2) is 36.8 Å². The smallest absolute Gasteiger partial charge is 0.349 e. The number of carbonyl (C=O) groups is 2. The van der Waals surface area contributed by atoms with Crippen molar-refractivity contribution in [2.24, 2.45) is 0 Å². The lowest BCUT2D eigenvalue weighted by Gasteiger charge is -2.11. The zero-order valence-electron chi connectivity index (χ0n) is 11.5. The highest BCUT2D eigenvalue weighted by molar-refractivity contribution is 5.78. The van der Waals surface area contributed by atoms with Crippen molar-refractivity contribution >= 4 is 11.9 Å². The van der Waals surface area contributed by atoms with Crippen LogP contribution in [0.3, 0.4) is 0 Å². The van der Waals surface area contributed by atoms with Crippen LogP contribution in [-0.2, 0) is 16.1 Å². The summed E-state index contributed by atoms with van der Waals surface area (Å²) < 4.78 is 3.23. The van der Waals surface area contributed by atoms with E-state index in [0.29, 0.717) is 12.4 Å².